The molecule has 100 valence electrons. The van der Waals surface area contributed by atoms with Crippen LogP contribution in [0.4, 0.5) is 5.69 Å². The van der Waals surface area contributed by atoms with Crippen molar-refractivity contribution in [1.29, 1.82) is 0 Å². The minimum Gasteiger partial charge on any atom is -0.396 e. The second-order valence-corrected chi connectivity index (χ2v) is 6.05. The van der Waals surface area contributed by atoms with Crippen LogP contribution < -0.4 is 4.72 Å². The van der Waals surface area contributed by atoms with Crippen LogP contribution in [0, 0.1) is 0 Å². The number of aliphatic hydroxyl groups is 1. The van der Waals surface area contributed by atoms with Gasteiger partial charge in [-0.15, -0.1) is 0 Å². The minimum atomic E-state index is -3.40. The molecule has 0 atom stereocenters. The molecule has 1 aliphatic rings. The largest absolute Gasteiger partial charge is 0.396 e. The van der Waals surface area contributed by atoms with Crippen molar-refractivity contribution in [3.63, 3.8) is 0 Å². The van der Waals surface area contributed by atoms with E-state index in [2.05, 4.69) is 4.72 Å². The lowest BCUT2D eigenvalue weighted by Crippen LogP contribution is -2.33. The third-order valence-electron chi connectivity index (χ3n) is 3.01. The Labute approximate surface area is 108 Å². The van der Waals surface area contributed by atoms with Gasteiger partial charge in [-0.1, -0.05) is 12.1 Å². The smallest absolute Gasteiger partial charge is 0.301 e. The van der Waals surface area contributed by atoms with E-state index in [0.29, 0.717) is 25.2 Å². The number of aliphatic hydroxyl groups excluding tert-OH is 1. The molecule has 6 heteroatoms. The van der Waals surface area contributed by atoms with Gasteiger partial charge in [0.1, 0.15) is 0 Å². The first-order chi connectivity index (χ1) is 8.62. The van der Waals surface area contributed by atoms with Crippen molar-refractivity contribution in [3.05, 3.63) is 29.8 Å². The van der Waals surface area contributed by atoms with E-state index < -0.39 is 10.2 Å². The fourth-order valence-electron chi connectivity index (χ4n) is 2.01. The second kappa shape index (κ2) is 5.69. The summed E-state index contributed by atoms with van der Waals surface area (Å²) in [5, 5.41) is 8.80. The number of rotatable bonds is 5. The summed E-state index contributed by atoms with van der Waals surface area (Å²) in [6.45, 7) is 1.29. The van der Waals surface area contributed by atoms with Crippen LogP contribution in [0.25, 0.3) is 0 Å². The summed E-state index contributed by atoms with van der Waals surface area (Å²) < 4.78 is 28.0. The quantitative estimate of drug-likeness (QED) is 0.837. The van der Waals surface area contributed by atoms with Gasteiger partial charge in [-0.25, -0.2) is 0 Å². The van der Waals surface area contributed by atoms with Gasteiger partial charge in [0, 0.05) is 25.4 Å². The van der Waals surface area contributed by atoms with Crippen LogP contribution in [-0.2, 0) is 16.6 Å². The highest BCUT2D eigenvalue weighted by Crippen LogP contribution is 2.17. The zero-order valence-corrected chi connectivity index (χ0v) is 11.0. The van der Waals surface area contributed by atoms with Crippen LogP contribution in [0.3, 0.4) is 0 Å². The Kier molecular flexibility index (Phi) is 4.21. The van der Waals surface area contributed by atoms with Gasteiger partial charge in [0.25, 0.3) is 0 Å². The third-order valence-corrected chi connectivity index (χ3v) is 4.54. The number of hydrogen-bond acceptors (Lipinski definition) is 3. The van der Waals surface area contributed by atoms with E-state index in [1.807, 2.05) is 12.1 Å². The highest BCUT2D eigenvalue weighted by molar-refractivity contribution is 7.90. The Balaban J connectivity index is 2.04. The molecule has 0 amide bonds. The van der Waals surface area contributed by atoms with Crippen LogP contribution in [0.2, 0.25) is 0 Å². The summed E-state index contributed by atoms with van der Waals surface area (Å²) in [6.07, 6.45) is 2.44. The molecule has 0 radical (unpaired) electrons. The summed E-state index contributed by atoms with van der Waals surface area (Å²) >= 11 is 0. The molecule has 0 spiro atoms. The molecule has 2 N–H and O–H groups in total. The molecule has 5 nitrogen and oxygen atoms in total. The molecule has 0 aliphatic carbocycles. The van der Waals surface area contributed by atoms with E-state index in [0.717, 1.165) is 18.4 Å². The molecule has 0 aromatic heterocycles. The fraction of sp³-hybridized carbons (Fsp3) is 0.500. The first-order valence-corrected chi connectivity index (χ1v) is 7.53. The summed E-state index contributed by atoms with van der Waals surface area (Å²) in [5.74, 6) is 0. The molecule has 0 bridgehead atoms. The molecule has 1 aromatic carbocycles. The lowest BCUT2D eigenvalue weighted by molar-refractivity contribution is 0.299. The third kappa shape index (κ3) is 3.22. The van der Waals surface area contributed by atoms with Gasteiger partial charge in [-0.05, 0) is 37.0 Å². The molecule has 1 heterocycles. The maximum absolute atomic E-state index is 12.0. The first-order valence-electron chi connectivity index (χ1n) is 6.09. The Morgan fingerprint density at radius 3 is 2.33 bits per heavy atom. The first kappa shape index (κ1) is 13.3. The molecule has 1 aromatic rings. The number of nitrogens with zero attached hydrogens (tertiary/aromatic N) is 1. The van der Waals surface area contributed by atoms with Gasteiger partial charge in [-0.2, -0.15) is 12.7 Å². The summed E-state index contributed by atoms with van der Waals surface area (Å²) in [5.41, 5.74) is 1.55. The molecule has 2 rings (SSSR count). The highest BCUT2D eigenvalue weighted by Gasteiger charge is 2.24. The normalized spacial score (nSPS) is 16.9. The fourth-order valence-corrected chi connectivity index (χ4v) is 3.31. The SMILES string of the molecule is O=S(=O)(Nc1ccc(CCO)cc1)N1CCCC1. The van der Waals surface area contributed by atoms with Gasteiger partial charge < -0.3 is 5.11 Å². The van der Waals surface area contributed by atoms with Crippen molar-refractivity contribution in [1.82, 2.24) is 4.31 Å². The summed E-state index contributed by atoms with van der Waals surface area (Å²) in [6, 6.07) is 7.08. The summed E-state index contributed by atoms with van der Waals surface area (Å²) in [4.78, 5) is 0. The van der Waals surface area contributed by atoms with Crippen molar-refractivity contribution in [2.45, 2.75) is 19.3 Å². The average Bonchev–Trinajstić information content (AvgIpc) is 2.86. The lowest BCUT2D eigenvalue weighted by Gasteiger charge is -2.16. The molecule has 18 heavy (non-hydrogen) atoms. The Hall–Kier alpha value is -1.11. The average molecular weight is 270 g/mol. The van der Waals surface area contributed by atoms with Crippen LogP contribution in [-0.4, -0.2) is 37.5 Å². The minimum absolute atomic E-state index is 0.0961. The molecule has 0 unspecified atom stereocenters. The predicted molar refractivity (Wildman–Crippen MR) is 70.6 cm³/mol. The number of nitrogens with one attached hydrogen (secondary N) is 1. The lowest BCUT2D eigenvalue weighted by atomic mass is 10.1. The van der Waals surface area contributed by atoms with Crippen molar-refractivity contribution in [2.75, 3.05) is 24.4 Å². The number of anilines is 1. The molecule has 1 fully saturated rings. The van der Waals surface area contributed by atoms with Crippen LogP contribution >= 0.6 is 0 Å². The maximum Gasteiger partial charge on any atom is 0.301 e. The van der Waals surface area contributed by atoms with Gasteiger partial charge in [0.2, 0.25) is 0 Å². The van der Waals surface area contributed by atoms with Crippen molar-refractivity contribution in [2.24, 2.45) is 0 Å². The second-order valence-electron chi connectivity index (χ2n) is 4.38. The van der Waals surface area contributed by atoms with Gasteiger partial charge in [0.05, 0.1) is 0 Å². The van der Waals surface area contributed by atoms with E-state index in [9.17, 15) is 8.42 Å². The molecule has 1 aliphatic heterocycles. The van der Waals surface area contributed by atoms with Crippen molar-refractivity contribution < 1.29 is 13.5 Å². The zero-order chi connectivity index (χ0) is 13.0. The predicted octanol–water partition coefficient (Wildman–Crippen LogP) is 0.974. The van der Waals surface area contributed by atoms with Crippen LogP contribution in [0.15, 0.2) is 24.3 Å². The van der Waals surface area contributed by atoms with Crippen LogP contribution in [0.5, 0.6) is 0 Å². The zero-order valence-electron chi connectivity index (χ0n) is 10.2. The molecular formula is C12H18N2O3S. The molecular weight excluding hydrogens is 252 g/mol. The Bertz CT molecular complexity index is 479. The van der Waals surface area contributed by atoms with E-state index in [-0.39, 0.29) is 6.61 Å². The standard InChI is InChI=1S/C12H18N2O3S/c15-10-7-11-3-5-12(6-4-11)13-18(16,17)14-8-1-2-9-14/h3-6,13,15H,1-2,7-10H2. The van der Waals surface area contributed by atoms with Crippen molar-refractivity contribution in [3.8, 4) is 0 Å². The molecule has 1 saturated heterocycles. The van der Waals surface area contributed by atoms with E-state index in [1.165, 1.54) is 4.31 Å². The van der Waals surface area contributed by atoms with Crippen LogP contribution in [0.1, 0.15) is 18.4 Å². The van der Waals surface area contributed by atoms with Gasteiger partial charge >= 0.3 is 10.2 Å². The Morgan fingerprint density at radius 1 is 1.17 bits per heavy atom. The molecule has 0 saturated carbocycles. The summed E-state index contributed by atoms with van der Waals surface area (Å²) in [7, 11) is -3.40. The Morgan fingerprint density at radius 2 is 1.78 bits per heavy atom. The van der Waals surface area contributed by atoms with Gasteiger partial charge in [0.15, 0.2) is 0 Å². The number of benzene rings is 1. The topological polar surface area (TPSA) is 69.6 Å². The number of hydrogen-bond donors (Lipinski definition) is 2. The monoisotopic (exact) mass is 270 g/mol. The van der Waals surface area contributed by atoms with E-state index in [4.69, 9.17) is 5.11 Å². The highest BCUT2D eigenvalue weighted by atomic mass is 32.2. The maximum atomic E-state index is 12.0. The van der Waals surface area contributed by atoms with E-state index in [1.54, 1.807) is 12.1 Å². The van der Waals surface area contributed by atoms with E-state index >= 15 is 0 Å². The van der Waals surface area contributed by atoms with Crippen molar-refractivity contribution >= 4 is 15.9 Å². The van der Waals surface area contributed by atoms with Gasteiger partial charge in [-0.3, -0.25) is 4.72 Å².